The Kier molecular flexibility index (Phi) is 6.24. The topological polar surface area (TPSA) is 70.9 Å². The van der Waals surface area contributed by atoms with Gasteiger partial charge in [0.2, 0.25) is 0 Å². The molecule has 1 aromatic heterocycles. The zero-order valence-corrected chi connectivity index (χ0v) is 19.0. The standard InChI is InChI=1S/C25H19BrFN3O2/c1-15-7-8-21-22(9-15)30-25(29-21)18(13-28)10-16-11-19(26)24(23(12-16)31-2)32-14-17-5-3-4-6-20(17)27/h3-12H,14H2,1-2H3,(H,29,30). The molecule has 0 fully saturated rings. The van der Waals surface area contributed by atoms with E-state index in [1.165, 1.54) is 13.2 Å². The second-order valence-corrected chi connectivity index (χ2v) is 8.04. The summed E-state index contributed by atoms with van der Waals surface area (Å²) in [5, 5.41) is 9.73. The Bertz CT molecular complexity index is 1370. The van der Waals surface area contributed by atoms with Crippen molar-refractivity contribution in [3.63, 3.8) is 0 Å². The van der Waals surface area contributed by atoms with Crippen molar-refractivity contribution in [1.29, 1.82) is 5.26 Å². The van der Waals surface area contributed by atoms with E-state index in [9.17, 15) is 9.65 Å². The van der Waals surface area contributed by atoms with Gasteiger partial charge < -0.3 is 14.5 Å². The number of nitrogens with one attached hydrogen (secondary N) is 1. The summed E-state index contributed by atoms with van der Waals surface area (Å²) in [6.07, 6.45) is 1.72. The van der Waals surface area contributed by atoms with Crippen LogP contribution in [-0.2, 0) is 6.61 Å². The lowest BCUT2D eigenvalue weighted by atomic mass is 10.1. The number of nitrogens with zero attached hydrogens (tertiary/aromatic N) is 2. The van der Waals surface area contributed by atoms with Gasteiger partial charge in [0, 0.05) is 5.56 Å². The minimum Gasteiger partial charge on any atom is -0.493 e. The first-order valence-corrected chi connectivity index (χ1v) is 10.6. The third-order valence-electron chi connectivity index (χ3n) is 4.91. The van der Waals surface area contributed by atoms with E-state index < -0.39 is 0 Å². The number of ether oxygens (including phenoxy) is 2. The molecule has 4 rings (SSSR count). The number of aromatic nitrogens is 2. The van der Waals surface area contributed by atoms with Crippen LogP contribution in [0.2, 0.25) is 0 Å². The second-order valence-electron chi connectivity index (χ2n) is 7.19. The Balaban J connectivity index is 1.65. The minimum absolute atomic E-state index is 0.0542. The number of halogens is 2. The van der Waals surface area contributed by atoms with E-state index in [1.54, 1.807) is 30.3 Å². The highest BCUT2D eigenvalue weighted by Crippen LogP contribution is 2.38. The summed E-state index contributed by atoms with van der Waals surface area (Å²) in [5.74, 6) is 1.06. The fraction of sp³-hybridized carbons (Fsp3) is 0.120. The summed E-state index contributed by atoms with van der Waals surface area (Å²) in [4.78, 5) is 7.73. The molecule has 0 radical (unpaired) electrons. The molecule has 0 bridgehead atoms. The van der Waals surface area contributed by atoms with Crippen LogP contribution in [0.3, 0.4) is 0 Å². The average Bonchev–Trinajstić information content (AvgIpc) is 3.20. The van der Waals surface area contributed by atoms with Gasteiger partial charge in [-0.3, -0.25) is 0 Å². The molecule has 0 unspecified atom stereocenters. The molecule has 0 saturated carbocycles. The van der Waals surface area contributed by atoms with Gasteiger partial charge in [-0.25, -0.2) is 9.37 Å². The van der Waals surface area contributed by atoms with Crippen molar-refractivity contribution in [2.45, 2.75) is 13.5 Å². The van der Waals surface area contributed by atoms with Crippen LogP contribution in [0.1, 0.15) is 22.5 Å². The molecule has 0 spiro atoms. The first-order chi connectivity index (χ1) is 15.5. The summed E-state index contributed by atoms with van der Waals surface area (Å²) in [6, 6.07) is 18.1. The van der Waals surface area contributed by atoms with E-state index >= 15 is 0 Å². The zero-order chi connectivity index (χ0) is 22.7. The Morgan fingerprint density at radius 3 is 2.78 bits per heavy atom. The maximum atomic E-state index is 13.9. The number of methoxy groups -OCH3 is 1. The maximum Gasteiger partial charge on any atom is 0.175 e. The summed E-state index contributed by atoms with van der Waals surface area (Å²) >= 11 is 3.50. The third kappa shape index (κ3) is 4.51. The Morgan fingerprint density at radius 2 is 2.03 bits per heavy atom. The van der Waals surface area contributed by atoms with Crippen LogP contribution in [0.5, 0.6) is 11.5 Å². The van der Waals surface area contributed by atoms with Gasteiger partial charge in [-0.15, -0.1) is 0 Å². The average molecular weight is 492 g/mol. The van der Waals surface area contributed by atoms with Gasteiger partial charge >= 0.3 is 0 Å². The molecule has 5 nitrogen and oxygen atoms in total. The molecule has 0 aliphatic carbocycles. The van der Waals surface area contributed by atoms with Crippen molar-refractivity contribution >= 4 is 38.6 Å². The Hall–Kier alpha value is -3.63. The molecule has 1 N–H and O–H groups in total. The number of H-pyrrole nitrogens is 1. The molecule has 4 aromatic rings. The molecule has 0 saturated heterocycles. The van der Waals surface area contributed by atoms with E-state index in [1.807, 2.05) is 31.2 Å². The number of fused-ring (bicyclic) bond motifs is 1. The van der Waals surface area contributed by atoms with E-state index in [-0.39, 0.29) is 12.4 Å². The number of allylic oxidation sites excluding steroid dienone is 1. The minimum atomic E-state index is -0.332. The summed E-state index contributed by atoms with van der Waals surface area (Å²) in [5.41, 5.74) is 4.32. The molecule has 160 valence electrons. The summed E-state index contributed by atoms with van der Waals surface area (Å²) in [7, 11) is 1.53. The van der Waals surface area contributed by atoms with Crippen molar-refractivity contribution in [3.05, 3.63) is 87.4 Å². The van der Waals surface area contributed by atoms with E-state index in [4.69, 9.17) is 9.47 Å². The lowest BCUT2D eigenvalue weighted by molar-refractivity contribution is 0.278. The van der Waals surface area contributed by atoms with Crippen molar-refractivity contribution in [3.8, 4) is 17.6 Å². The number of aromatic amines is 1. The molecule has 3 aromatic carbocycles. The molecule has 0 aliphatic rings. The first-order valence-electron chi connectivity index (χ1n) is 9.80. The van der Waals surface area contributed by atoms with Gasteiger partial charge in [0.15, 0.2) is 11.5 Å². The smallest absolute Gasteiger partial charge is 0.175 e. The molecule has 0 aliphatic heterocycles. The number of imidazole rings is 1. The number of hydrogen-bond acceptors (Lipinski definition) is 4. The van der Waals surface area contributed by atoms with Crippen molar-refractivity contribution in [2.24, 2.45) is 0 Å². The van der Waals surface area contributed by atoms with E-state index in [2.05, 4.69) is 32.0 Å². The molecular weight excluding hydrogens is 473 g/mol. The first kappa shape index (κ1) is 21.6. The van der Waals surface area contributed by atoms with Crippen LogP contribution >= 0.6 is 15.9 Å². The van der Waals surface area contributed by atoms with Crippen LogP contribution in [-0.4, -0.2) is 17.1 Å². The van der Waals surface area contributed by atoms with Crippen LogP contribution in [0.4, 0.5) is 4.39 Å². The highest BCUT2D eigenvalue weighted by atomic mass is 79.9. The predicted octanol–water partition coefficient (Wildman–Crippen LogP) is 6.42. The normalized spacial score (nSPS) is 11.4. The van der Waals surface area contributed by atoms with Crippen LogP contribution in [0.15, 0.2) is 59.1 Å². The quantitative estimate of drug-likeness (QED) is 0.315. The number of aryl methyl sites for hydroxylation is 1. The summed E-state index contributed by atoms with van der Waals surface area (Å²) in [6.45, 7) is 2.05. The fourth-order valence-electron chi connectivity index (χ4n) is 3.30. The lowest BCUT2D eigenvalue weighted by Gasteiger charge is -2.14. The van der Waals surface area contributed by atoms with Gasteiger partial charge in [-0.1, -0.05) is 24.3 Å². The molecule has 7 heteroatoms. The third-order valence-corrected chi connectivity index (χ3v) is 5.49. The van der Waals surface area contributed by atoms with Crippen LogP contribution in [0, 0.1) is 24.1 Å². The van der Waals surface area contributed by atoms with Crippen molar-refractivity contribution < 1.29 is 13.9 Å². The van der Waals surface area contributed by atoms with E-state index in [0.29, 0.717) is 32.9 Å². The van der Waals surface area contributed by atoms with Crippen LogP contribution in [0.25, 0.3) is 22.7 Å². The fourth-order valence-corrected chi connectivity index (χ4v) is 3.87. The zero-order valence-electron chi connectivity index (χ0n) is 17.4. The van der Waals surface area contributed by atoms with Gasteiger partial charge in [0.25, 0.3) is 0 Å². The van der Waals surface area contributed by atoms with Gasteiger partial charge in [-0.2, -0.15) is 5.26 Å². The van der Waals surface area contributed by atoms with Crippen LogP contribution < -0.4 is 9.47 Å². The summed E-state index contributed by atoms with van der Waals surface area (Å²) < 4.78 is 25.8. The van der Waals surface area contributed by atoms with E-state index in [0.717, 1.165) is 22.2 Å². The predicted molar refractivity (Wildman–Crippen MR) is 126 cm³/mol. The molecule has 32 heavy (non-hydrogen) atoms. The maximum absolute atomic E-state index is 13.9. The number of benzene rings is 3. The monoisotopic (exact) mass is 491 g/mol. The number of hydrogen-bond donors (Lipinski definition) is 1. The molecule has 0 atom stereocenters. The van der Waals surface area contributed by atoms with Gasteiger partial charge in [0.05, 0.1) is 28.2 Å². The number of nitriles is 1. The molecule has 1 heterocycles. The van der Waals surface area contributed by atoms with Gasteiger partial charge in [0.1, 0.15) is 24.3 Å². The second kappa shape index (κ2) is 9.25. The SMILES string of the molecule is COc1cc(C=C(C#N)c2nc3ccc(C)cc3[nH]2)cc(Br)c1OCc1ccccc1F. The lowest BCUT2D eigenvalue weighted by Crippen LogP contribution is -2.01. The Morgan fingerprint density at radius 1 is 1.22 bits per heavy atom. The highest BCUT2D eigenvalue weighted by Gasteiger charge is 2.14. The van der Waals surface area contributed by atoms with Gasteiger partial charge in [-0.05, 0) is 70.4 Å². The largest absolute Gasteiger partial charge is 0.493 e. The van der Waals surface area contributed by atoms with Crippen molar-refractivity contribution in [1.82, 2.24) is 9.97 Å². The van der Waals surface area contributed by atoms with Crippen molar-refractivity contribution in [2.75, 3.05) is 7.11 Å². The Labute approximate surface area is 193 Å². The number of rotatable bonds is 6. The highest BCUT2D eigenvalue weighted by molar-refractivity contribution is 9.10. The molecule has 0 amide bonds. The molecular formula is C25H19BrFN3O2.